The van der Waals surface area contributed by atoms with Crippen molar-refractivity contribution in [3.8, 4) is 0 Å². The van der Waals surface area contributed by atoms with Crippen LogP contribution in [0, 0.1) is 13.8 Å². The third kappa shape index (κ3) is 3.31. The van der Waals surface area contributed by atoms with Crippen LogP contribution in [0.3, 0.4) is 0 Å². The van der Waals surface area contributed by atoms with Gasteiger partial charge >= 0.3 is 5.96 Å². The number of rotatable bonds is 3. The molecule has 94 valence electrons. The zero-order valence-electron chi connectivity index (χ0n) is 10.4. The van der Waals surface area contributed by atoms with E-state index in [2.05, 4.69) is 20.3 Å². The molecule has 0 saturated carbocycles. The monoisotopic (exact) mass is 246 g/mol. The fourth-order valence-electron chi connectivity index (χ4n) is 1.54. The summed E-state index contributed by atoms with van der Waals surface area (Å²) in [6.07, 6.45) is 1.62. The Morgan fingerprint density at radius 3 is 2.72 bits per heavy atom. The Hall–Kier alpha value is -2.37. The van der Waals surface area contributed by atoms with Crippen LogP contribution < -0.4 is 16.0 Å². The van der Waals surface area contributed by atoms with E-state index in [4.69, 9.17) is 10.2 Å². The smallest absolute Gasteiger partial charge is 0.348 e. The Kier molecular flexibility index (Phi) is 3.57. The molecule has 2 rings (SSSR count). The van der Waals surface area contributed by atoms with Gasteiger partial charge in [0.1, 0.15) is 12.3 Å². The van der Waals surface area contributed by atoms with Gasteiger partial charge in [-0.15, -0.1) is 0 Å². The first kappa shape index (κ1) is 12.1. The minimum absolute atomic E-state index is 0.386. The zero-order valence-corrected chi connectivity index (χ0v) is 10.4. The van der Waals surface area contributed by atoms with E-state index in [0.29, 0.717) is 18.5 Å². The van der Waals surface area contributed by atoms with E-state index < -0.39 is 0 Å². The second-order valence-corrected chi connectivity index (χ2v) is 3.95. The largest absolute Gasteiger partial charge is 0.466 e. The fourth-order valence-corrected chi connectivity index (χ4v) is 1.54. The van der Waals surface area contributed by atoms with Crippen LogP contribution in [0.2, 0.25) is 0 Å². The maximum atomic E-state index is 5.80. The first-order valence-electron chi connectivity index (χ1n) is 5.61. The number of hydrogen-bond acceptors (Lipinski definition) is 3. The third-order valence-electron chi connectivity index (χ3n) is 2.26. The predicted octanol–water partition coefficient (Wildman–Crippen LogP) is -0.306. The molecule has 2 heterocycles. The van der Waals surface area contributed by atoms with E-state index >= 15 is 0 Å². The first-order chi connectivity index (χ1) is 8.63. The number of aryl methyl sites for hydroxylation is 2. The number of nitrogens with two attached hydrogens (primary N) is 1. The molecule has 0 spiro atoms. The predicted molar refractivity (Wildman–Crippen MR) is 67.7 cm³/mol. The molecular weight excluding hydrogens is 230 g/mol. The minimum Gasteiger partial charge on any atom is -0.466 e. The minimum atomic E-state index is 0.386. The Morgan fingerprint density at radius 1 is 1.39 bits per heavy atom. The highest BCUT2D eigenvalue weighted by Crippen LogP contribution is 2.02. The highest BCUT2D eigenvalue weighted by atomic mass is 16.3. The molecule has 2 aromatic heterocycles. The first-order valence-corrected chi connectivity index (χ1v) is 5.61. The molecular formula is C12H16N5O+. The topological polar surface area (TPSA) is 90.9 Å². The summed E-state index contributed by atoms with van der Waals surface area (Å²) in [7, 11) is 0. The van der Waals surface area contributed by atoms with Gasteiger partial charge in [-0.05, 0) is 32.0 Å². The van der Waals surface area contributed by atoms with Gasteiger partial charge in [0.05, 0.1) is 6.26 Å². The molecule has 2 aromatic rings. The Bertz CT molecular complexity index is 527. The average Bonchev–Trinajstić information content (AvgIpc) is 2.77. The van der Waals surface area contributed by atoms with E-state index in [1.807, 2.05) is 32.0 Å². The molecule has 0 bridgehead atoms. The van der Waals surface area contributed by atoms with Gasteiger partial charge in [-0.2, -0.15) is 0 Å². The number of furan rings is 1. The van der Waals surface area contributed by atoms with Gasteiger partial charge in [-0.1, -0.05) is 0 Å². The van der Waals surface area contributed by atoms with Crippen molar-refractivity contribution in [2.24, 2.45) is 5.73 Å². The zero-order chi connectivity index (χ0) is 13.0. The highest BCUT2D eigenvalue weighted by molar-refractivity contribution is 5.85. The quantitative estimate of drug-likeness (QED) is 0.510. The maximum Gasteiger partial charge on any atom is 0.348 e. The van der Waals surface area contributed by atoms with Crippen molar-refractivity contribution >= 4 is 11.9 Å². The summed E-state index contributed by atoms with van der Waals surface area (Å²) in [6.45, 7) is 4.33. The van der Waals surface area contributed by atoms with Crippen LogP contribution in [-0.2, 0) is 6.54 Å². The van der Waals surface area contributed by atoms with Crippen LogP contribution in [0.25, 0.3) is 0 Å². The highest BCUT2D eigenvalue weighted by Gasteiger charge is 2.06. The van der Waals surface area contributed by atoms with Crippen LogP contribution in [-0.4, -0.2) is 15.9 Å². The van der Waals surface area contributed by atoms with Crippen LogP contribution in [0.1, 0.15) is 17.1 Å². The fraction of sp³-hybridized carbons (Fsp3) is 0.250. The van der Waals surface area contributed by atoms with Gasteiger partial charge in [-0.25, -0.2) is 15.3 Å². The van der Waals surface area contributed by atoms with Crippen LogP contribution in [0.4, 0.5) is 5.95 Å². The summed E-state index contributed by atoms with van der Waals surface area (Å²) < 4.78 is 5.18. The SMILES string of the molecule is Cc1cc(C)nc(NC(N)=[NH+]Cc2ccco2)n1. The average molecular weight is 246 g/mol. The summed E-state index contributed by atoms with van der Waals surface area (Å²) >= 11 is 0. The van der Waals surface area contributed by atoms with Crippen molar-refractivity contribution in [1.29, 1.82) is 0 Å². The van der Waals surface area contributed by atoms with Crippen molar-refractivity contribution in [1.82, 2.24) is 9.97 Å². The molecule has 0 unspecified atom stereocenters. The summed E-state index contributed by atoms with van der Waals surface area (Å²) in [4.78, 5) is 11.4. The van der Waals surface area contributed by atoms with Crippen molar-refractivity contribution in [2.75, 3.05) is 5.32 Å². The number of hydrogen-bond donors (Lipinski definition) is 3. The molecule has 0 aliphatic heterocycles. The lowest BCUT2D eigenvalue weighted by Crippen LogP contribution is -2.75. The Balaban J connectivity index is 2.02. The number of aromatic nitrogens is 2. The Morgan fingerprint density at radius 2 is 2.11 bits per heavy atom. The van der Waals surface area contributed by atoms with E-state index in [-0.39, 0.29) is 0 Å². The summed E-state index contributed by atoms with van der Waals surface area (Å²) in [5.41, 5.74) is 7.58. The van der Waals surface area contributed by atoms with Crippen molar-refractivity contribution in [2.45, 2.75) is 20.4 Å². The van der Waals surface area contributed by atoms with E-state index in [1.165, 1.54) is 0 Å². The number of anilines is 1. The molecule has 0 fully saturated rings. The lowest BCUT2D eigenvalue weighted by molar-refractivity contribution is -0.479. The maximum absolute atomic E-state index is 5.80. The van der Waals surface area contributed by atoms with Crippen molar-refractivity contribution in [3.05, 3.63) is 41.6 Å². The number of guanidine groups is 1. The van der Waals surface area contributed by atoms with Crippen LogP contribution in [0.5, 0.6) is 0 Å². The molecule has 4 N–H and O–H groups in total. The van der Waals surface area contributed by atoms with Gasteiger partial charge in [-0.3, -0.25) is 10.7 Å². The molecule has 0 radical (unpaired) electrons. The number of nitrogens with one attached hydrogen (secondary N) is 2. The van der Waals surface area contributed by atoms with E-state index in [1.54, 1.807) is 6.26 Å². The molecule has 0 amide bonds. The molecule has 0 aliphatic carbocycles. The Labute approximate surface area is 105 Å². The summed E-state index contributed by atoms with van der Waals surface area (Å²) in [5.74, 6) is 1.68. The van der Waals surface area contributed by atoms with Crippen molar-refractivity contribution in [3.63, 3.8) is 0 Å². The van der Waals surface area contributed by atoms with Crippen molar-refractivity contribution < 1.29 is 9.41 Å². The summed E-state index contributed by atoms with van der Waals surface area (Å²) in [6, 6.07) is 5.60. The normalized spacial score (nSPS) is 11.6. The van der Waals surface area contributed by atoms with E-state index in [0.717, 1.165) is 17.1 Å². The van der Waals surface area contributed by atoms with E-state index in [9.17, 15) is 0 Å². The molecule has 0 aromatic carbocycles. The van der Waals surface area contributed by atoms with Gasteiger partial charge in [0.2, 0.25) is 0 Å². The number of nitrogens with zero attached hydrogens (tertiary/aromatic N) is 2. The second kappa shape index (κ2) is 5.31. The standard InChI is InChI=1S/C12H15N5O/c1-8-6-9(2)16-12(15-8)17-11(13)14-7-10-4-3-5-18-10/h3-6H,7H2,1-2H3,(H3,13,14,15,16,17)/p+1. The van der Waals surface area contributed by atoms with Gasteiger partial charge in [0.15, 0.2) is 0 Å². The van der Waals surface area contributed by atoms with Gasteiger partial charge in [0.25, 0.3) is 5.95 Å². The second-order valence-electron chi connectivity index (χ2n) is 3.95. The van der Waals surface area contributed by atoms with Crippen LogP contribution in [0.15, 0.2) is 28.9 Å². The molecule has 0 aliphatic rings. The molecule has 6 heteroatoms. The molecule has 0 saturated heterocycles. The van der Waals surface area contributed by atoms with Gasteiger partial charge in [0, 0.05) is 11.4 Å². The lowest BCUT2D eigenvalue weighted by Gasteiger charge is -2.00. The summed E-state index contributed by atoms with van der Waals surface area (Å²) in [5, 5.41) is 2.91. The molecule has 6 nitrogen and oxygen atoms in total. The molecule has 18 heavy (non-hydrogen) atoms. The molecule has 0 atom stereocenters. The van der Waals surface area contributed by atoms with Gasteiger partial charge < -0.3 is 4.42 Å². The van der Waals surface area contributed by atoms with Crippen LogP contribution >= 0.6 is 0 Å². The third-order valence-corrected chi connectivity index (χ3v) is 2.26. The lowest BCUT2D eigenvalue weighted by atomic mass is 10.4.